The zero-order valence-electron chi connectivity index (χ0n) is 15.2. The summed E-state index contributed by atoms with van der Waals surface area (Å²) in [7, 11) is 0. The van der Waals surface area contributed by atoms with Crippen LogP contribution >= 0.6 is 11.8 Å². The average Bonchev–Trinajstić information content (AvgIpc) is 2.59. The van der Waals surface area contributed by atoms with E-state index in [9.17, 15) is 19.2 Å². The summed E-state index contributed by atoms with van der Waals surface area (Å²) in [6, 6.07) is -3.04. The Kier molecular flexibility index (Phi) is 11.6. The summed E-state index contributed by atoms with van der Waals surface area (Å²) >= 11 is 1.47. The molecule has 10 nitrogen and oxygen atoms in total. The van der Waals surface area contributed by atoms with Gasteiger partial charge in [0.1, 0.15) is 24.7 Å². The van der Waals surface area contributed by atoms with E-state index in [-0.39, 0.29) is 5.92 Å². The number of amides is 3. The highest BCUT2D eigenvalue weighted by atomic mass is 32.2. The van der Waals surface area contributed by atoms with E-state index in [0.717, 1.165) is 0 Å². The predicted octanol–water partition coefficient (Wildman–Crippen LogP) is -2.11. The third-order valence-corrected chi connectivity index (χ3v) is 4.08. The Labute approximate surface area is 156 Å². The molecule has 0 aromatic heterocycles. The summed E-state index contributed by atoms with van der Waals surface area (Å²) < 4.78 is 0. The topological polar surface area (TPSA) is 171 Å². The van der Waals surface area contributed by atoms with Gasteiger partial charge in [-0.2, -0.15) is 11.8 Å². The first-order valence-electron chi connectivity index (χ1n) is 8.09. The van der Waals surface area contributed by atoms with Crippen LogP contribution < -0.4 is 21.7 Å². The number of carboxylic acid groups (broad SMARTS) is 1. The average molecular weight is 392 g/mol. The Morgan fingerprint density at radius 1 is 1.08 bits per heavy atom. The van der Waals surface area contributed by atoms with E-state index in [1.165, 1.54) is 11.8 Å². The number of carbonyl (C=O) groups excluding carboxylic acids is 3. The molecule has 26 heavy (non-hydrogen) atoms. The Bertz CT molecular complexity index is 503. The van der Waals surface area contributed by atoms with Crippen LogP contribution in [0.2, 0.25) is 0 Å². The Hall–Kier alpha value is -1.85. The van der Waals surface area contributed by atoms with Gasteiger partial charge >= 0.3 is 5.97 Å². The van der Waals surface area contributed by atoms with Crippen molar-refractivity contribution in [1.82, 2.24) is 16.0 Å². The molecule has 0 rings (SSSR count). The van der Waals surface area contributed by atoms with E-state index in [4.69, 9.17) is 15.9 Å². The van der Waals surface area contributed by atoms with Crippen molar-refractivity contribution < 1.29 is 29.4 Å². The molecule has 0 aliphatic carbocycles. The number of aliphatic hydroxyl groups excluding tert-OH is 1. The fourth-order valence-electron chi connectivity index (χ4n) is 1.93. The largest absolute Gasteiger partial charge is 0.480 e. The third-order valence-electron chi connectivity index (χ3n) is 3.44. The SMILES string of the molecule is CSCCC(NC(=O)C(NC(=O)C(N)CO)C(C)C)C(=O)NCC(=O)O. The number of carboxylic acids is 1. The highest BCUT2D eigenvalue weighted by Crippen LogP contribution is 2.06. The van der Waals surface area contributed by atoms with Crippen LogP contribution in [0.25, 0.3) is 0 Å². The second-order valence-corrected chi connectivity index (χ2v) is 6.96. The monoisotopic (exact) mass is 392 g/mol. The van der Waals surface area contributed by atoms with Crippen molar-refractivity contribution >= 4 is 35.5 Å². The van der Waals surface area contributed by atoms with Gasteiger partial charge in [-0.3, -0.25) is 19.2 Å². The quantitative estimate of drug-likeness (QED) is 0.219. The molecular weight excluding hydrogens is 364 g/mol. The van der Waals surface area contributed by atoms with Gasteiger partial charge < -0.3 is 31.9 Å². The lowest BCUT2D eigenvalue weighted by Crippen LogP contribution is -2.58. The first-order chi connectivity index (χ1) is 12.1. The Morgan fingerprint density at radius 3 is 2.15 bits per heavy atom. The van der Waals surface area contributed by atoms with Gasteiger partial charge in [0.25, 0.3) is 0 Å². The van der Waals surface area contributed by atoms with Crippen molar-refractivity contribution in [1.29, 1.82) is 0 Å². The van der Waals surface area contributed by atoms with Gasteiger partial charge in [0.05, 0.1) is 6.61 Å². The lowest BCUT2D eigenvalue weighted by molar-refractivity contribution is -0.138. The van der Waals surface area contributed by atoms with E-state index >= 15 is 0 Å². The minimum atomic E-state index is -1.20. The first kappa shape index (κ1) is 24.1. The van der Waals surface area contributed by atoms with Crippen LogP contribution in [-0.2, 0) is 19.2 Å². The number of hydrogen-bond donors (Lipinski definition) is 6. The van der Waals surface area contributed by atoms with Crippen LogP contribution in [0.4, 0.5) is 0 Å². The summed E-state index contributed by atoms with van der Waals surface area (Å²) in [6.45, 7) is 2.29. The summed E-state index contributed by atoms with van der Waals surface area (Å²) in [5.41, 5.74) is 5.43. The molecule has 0 spiro atoms. The second kappa shape index (κ2) is 12.5. The van der Waals surface area contributed by atoms with Crippen molar-refractivity contribution in [2.24, 2.45) is 11.7 Å². The Morgan fingerprint density at radius 2 is 1.69 bits per heavy atom. The molecule has 0 fully saturated rings. The fraction of sp³-hybridized carbons (Fsp3) is 0.733. The number of nitrogens with two attached hydrogens (primary N) is 1. The maximum absolute atomic E-state index is 12.5. The van der Waals surface area contributed by atoms with E-state index < -0.39 is 55.0 Å². The van der Waals surface area contributed by atoms with Crippen LogP contribution in [-0.4, -0.2) is 77.2 Å². The molecule has 11 heteroatoms. The van der Waals surface area contributed by atoms with Crippen molar-refractivity contribution in [3.63, 3.8) is 0 Å². The molecule has 0 heterocycles. The summed E-state index contributed by atoms with van der Waals surface area (Å²) in [5.74, 6) is -2.81. The van der Waals surface area contributed by atoms with Crippen molar-refractivity contribution in [3.8, 4) is 0 Å². The lowest BCUT2D eigenvalue weighted by Gasteiger charge is -2.26. The molecule has 0 aliphatic heterocycles. The molecule has 0 radical (unpaired) electrons. The number of carbonyl (C=O) groups is 4. The molecular formula is C15H28N4O6S. The molecule has 0 aromatic carbocycles. The minimum absolute atomic E-state index is 0.298. The number of thioether (sulfide) groups is 1. The van der Waals surface area contributed by atoms with Crippen molar-refractivity contribution in [2.75, 3.05) is 25.2 Å². The third kappa shape index (κ3) is 9.02. The van der Waals surface area contributed by atoms with E-state index in [2.05, 4.69) is 16.0 Å². The highest BCUT2D eigenvalue weighted by Gasteiger charge is 2.29. The van der Waals surface area contributed by atoms with Crippen LogP contribution in [0.3, 0.4) is 0 Å². The molecule has 0 aromatic rings. The molecule has 7 N–H and O–H groups in total. The van der Waals surface area contributed by atoms with Crippen LogP contribution in [0.5, 0.6) is 0 Å². The number of nitrogens with one attached hydrogen (secondary N) is 3. The molecule has 0 saturated carbocycles. The van der Waals surface area contributed by atoms with Gasteiger partial charge in [-0.15, -0.1) is 0 Å². The highest BCUT2D eigenvalue weighted by molar-refractivity contribution is 7.98. The van der Waals surface area contributed by atoms with Crippen LogP contribution in [0, 0.1) is 5.92 Å². The van der Waals surface area contributed by atoms with E-state index in [0.29, 0.717) is 12.2 Å². The zero-order valence-corrected chi connectivity index (χ0v) is 16.0. The van der Waals surface area contributed by atoms with Crippen LogP contribution in [0.1, 0.15) is 20.3 Å². The molecule has 0 bridgehead atoms. The Balaban J connectivity index is 5.05. The number of hydrogen-bond acceptors (Lipinski definition) is 7. The minimum Gasteiger partial charge on any atom is -0.480 e. The molecule has 0 saturated heterocycles. The number of aliphatic hydroxyl groups is 1. The molecule has 0 aliphatic rings. The molecule has 3 amide bonds. The summed E-state index contributed by atoms with van der Waals surface area (Å²) in [5, 5.41) is 24.8. The summed E-state index contributed by atoms with van der Waals surface area (Å²) in [6.07, 6.45) is 2.13. The molecule has 3 unspecified atom stereocenters. The van der Waals surface area contributed by atoms with Gasteiger partial charge in [0.15, 0.2) is 0 Å². The van der Waals surface area contributed by atoms with Crippen molar-refractivity contribution in [3.05, 3.63) is 0 Å². The normalized spacial score (nSPS) is 14.2. The maximum Gasteiger partial charge on any atom is 0.322 e. The molecule has 3 atom stereocenters. The van der Waals surface area contributed by atoms with Crippen LogP contribution in [0.15, 0.2) is 0 Å². The van der Waals surface area contributed by atoms with Gasteiger partial charge in [0, 0.05) is 0 Å². The van der Waals surface area contributed by atoms with E-state index in [1.807, 2.05) is 6.26 Å². The van der Waals surface area contributed by atoms with Gasteiger partial charge in [-0.1, -0.05) is 13.8 Å². The van der Waals surface area contributed by atoms with Gasteiger partial charge in [-0.05, 0) is 24.3 Å². The standard InChI is InChI=1S/C15H28N4O6S/c1-8(2)12(19-13(23)9(16)7-20)15(25)18-10(4-5-26-3)14(24)17-6-11(21)22/h8-10,12,20H,4-7,16H2,1-3H3,(H,17,24)(H,18,25)(H,19,23)(H,21,22). The van der Waals surface area contributed by atoms with Gasteiger partial charge in [0.2, 0.25) is 17.7 Å². The number of rotatable bonds is 12. The fourth-order valence-corrected chi connectivity index (χ4v) is 2.40. The zero-order chi connectivity index (χ0) is 20.3. The lowest BCUT2D eigenvalue weighted by atomic mass is 10.0. The molecule has 150 valence electrons. The first-order valence-corrected chi connectivity index (χ1v) is 9.49. The predicted molar refractivity (Wildman–Crippen MR) is 97.4 cm³/mol. The van der Waals surface area contributed by atoms with Gasteiger partial charge in [-0.25, -0.2) is 0 Å². The van der Waals surface area contributed by atoms with Crippen molar-refractivity contribution in [2.45, 2.75) is 38.4 Å². The second-order valence-electron chi connectivity index (χ2n) is 5.97. The summed E-state index contributed by atoms with van der Waals surface area (Å²) in [4.78, 5) is 47.1. The van der Waals surface area contributed by atoms with E-state index in [1.54, 1.807) is 13.8 Å². The number of aliphatic carboxylic acids is 1. The smallest absolute Gasteiger partial charge is 0.322 e. The maximum atomic E-state index is 12.5.